The summed E-state index contributed by atoms with van der Waals surface area (Å²) in [5, 5.41) is 0. The van der Waals surface area contributed by atoms with E-state index < -0.39 is 5.67 Å². The van der Waals surface area contributed by atoms with Gasteiger partial charge in [0.25, 0.3) is 0 Å². The van der Waals surface area contributed by atoms with E-state index in [9.17, 15) is 14.0 Å². The molecule has 2 saturated heterocycles. The van der Waals surface area contributed by atoms with Crippen LogP contribution in [0.1, 0.15) is 39.5 Å². The summed E-state index contributed by atoms with van der Waals surface area (Å²) in [4.78, 5) is 29.7. The average molecular weight is 353 g/mol. The summed E-state index contributed by atoms with van der Waals surface area (Å²) in [5.74, 6) is 0.211. The summed E-state index contributed by atoms with van der Waals surface area (Å²) >= 11 is 0. The molecular formula is C19H32FN3O2. The first-order chi connectivity index (χ1) is 11.9. The molecule has 1 aliphatic carbocycles. The monoisotopic (exact) mass is 353 g/mol. The molecule has 1 saturated carbocycles. The van der Waals surface area contributed by atoms with Gasteiger partial charge < -0.3 is 9.69 Å². The van der Waals surface area contributed by atoms with E-state index in [2.05, 4.69) is 23.6 Å². The minimum Gasteiger partial charge on any atom is -0.336 e. The molecule has 6 heteroatoms. The second kappa shape index (κ2) is 7.70. The number of piperazine rings is 1. The summed E-state index contributed by atoms with van der Waals surface area (Å²) < 4.78 is 14.9. The normalized spacial score (nSPS) is 31.0. The lowest BCUT2D eigenvalue weighted by Crippen LogP contribution is -2.67. The van der Waals surface area contributed by atoms with Crippen LogP contribution >= 0.6 is 0 Å². The molecule has 1 amide bonds. The maximum absolute atomic E-state index is 14.9. The standard InChI is InChI=1S/C19H32FN3O2/c1-15(2)22-9-7-21(8-10-22)12-19(20)13-23(14-19)18(25)17-5-3-16(11-24)4-6-17/h11,15-17H,3-10,12-14H2,1-2H3. The van der Waals surface area contributed by atoms with Crippen LogP contribution < -0.4 is 0 Å². The second-order valence-electron chi connectivity index (χ2n) is 8.50. The summed E-state index contributed by atoms with van der Waals surface area (Å²) in [5.41, 5.74) is -1.24. The summed E-state index contributed by atoms with van der Waals surface area (Å²) in [6.45, 7) is 9.14. The van der Waals surface area contributed by atoms with Crippen molar-refractivity contribution in [3.63, 3.8) is 0 Å². The third-order valence-corrected chi connectivity index (χ3v) is 6.22. The Bertz CT molecular complexity index is 477. The first-order valence-electron chi connectivity index (χ1n) is 9.79. The van der Waals surface area contributed by atoms with Gasteiger partial charge in [-0.15, -0.1) is 0 Å². The Morgan fingerprint density at radius 1 is 1.12 bits per heavy atom. The number of carbonyl (C=O) groups is 2. The van der Waals surface area contributed by atoms with E-state index in [0.29, 0.717) is 12.6 Å². The Morgan fingerprint density at radius 3 is 2.24 bits per heavy atom. The van der Waals surface area contributed by atoms with Crippen molar-refractivity contribution in [1.29, 1.82) is 0 Å². The first kappa shape index (κ1) is 18.8. The third kappa shape index (κ3) is 4.40. The molecule has 3 aliphatic rings. The molecule has 0 unspecified atom stereocenters. The van der Waals surface area contributed by atoms with Gasteiger partial charge in [0.2, 0.25) is 5.91 Å². The number of alkyl halides is 1. The molecule has 3 rings (SSSR count). The van der Waals surface area contributed by atoms with Crippen LogP contribution in [0.25, 0.3) is 0 Å². The number of carbonyl (C=O) groups excluding carboxylic acids is 2. The molecule has 0 aromatic carbocycles. The Hall–Kier alpha value is -1.01. The predicted octanol–water partition coefficient (Wildman–Crippen LogP) is 1.57. The molecule has 0 spiro atoms. The molecular weight excluding hydrogens is 321 g/mol. The number of likely N-dealkylation sites (tertiary alicyclic amines) is 1. The van der Waals surface area contributed by atoms with Crippen LogP contribution in [0.5, 0.6) is 0 Å². The smallest absolute Gasteiger partial charge is 0.225 e. The van der Waals surface area contributed by atoms with Crippen LogP contribution in [0.3, 0.4) is 0 Å². The highest BCUT2D eigenvalue weighted by atomic mass is 19.1. The van der Waals surface area contributed by atoms with E-state index in [-0.39, 0.29) is 30.8 Å². The fourth-order valence-electron chi connectivity index (χ4n) is 4.49. The fourth-order valence-corrected chi connectivity index (χ4v) is 4.49. The number of hydrogen-bond acceptors (Lipinski definition) is 4. The van der Waals surface area contributed by atoms with Crippen LogP contribution in [0.2, 0.25) is 0 Å². The van der Waals surface area contributed by atoms with Crippen molar-refractivity contribution < 1.29 is 14.0 Å². The van der Waals surface area contributed by atoms with Crippen molar-refractivity contribution in [3.05, 3.63) is 0 Å². The van der Waals surface area contributed by atoms with Crippen molar-refractivity contribution in [2.45, 2.75) is 51.2 Å². The molecule has 0 aromatic rings. The Labute approximate surface area is 150 Å². The second-order valence-corrected chi connectivity index (χ2v) is 8.50. The molecule has 25 heavy (non-hydrogen) atoms. The average Bonchev–Trinajstić information content (AvgIpc) is 2.59. The minimum atomic E-state index is -1.24. The van der Waals surface area contributed by atoms with E-state index >= 15 is 0 Å². The van der Waals surface area contributed by atoms with Crippen LogP contribution in [0, 0.1) is 11.8 Å². The number of amides is 1. The third-order valence-electron chi connectivity index (χ3n) is 6.22. The zero-order chi connectivity index (χ0) is 18.0. The lowest BCUT2D eigenvalue weighted by Gasteiger charge is -2.49. The van der Waals surface area contributed by atoms with E-state index in [4.69, 9.17) is 0 Å². The predicted molar refractivity (Wildman–Crippen MR) is 95.1 cm³/mol. The van der Waals surface area contributed by atoms with Gasteiger partial charge in [0.05, 0.1) is 13.1 Å². The number of halogens is 1. The lowest BCUT2D eigenvalue weighted by molar-refractivity contribution is -0.153. The Balaban J connectivity index is 1.40. The molecule has 2 aliphatic heterocycles. The maximum Gasteiger partial charge on any atom is 0.225 e. The largest absolute Gasteiger partial charge is 0.336 e. The number of hydrogen-bond donors (Lipinski definition) is 0. The number of rotatable bonds is 5. The minimum absolute atomic E-state index is 0.00432. The van der Waals surface area contributed by atoms with Gasteiger partial charge in [-0.05, 0) is 39.5 Å². The van der Waals surface area contributed by atoms with Crippen LogP contribution in [-0.2, 0) is 9.59 Å². The van der Waals surface area contributed by atoms with Crippen molar-refractivity contribution in [2.24, 2.45) is 11.8 Å². The number of nitrogens with zero attached hydrogens (tertiary/aromatic N) is 3. The zero-order valence-electron chi connectivity index (χ0n) is 15.6. The quantitative estimate of drug-likeness (QED) is 0.704. The van der Waals surface area contributed by atoms with E-state index in [1.807, 2.05) is 0 Å². The first-order valence-corrected chi connectivity index (χ1v) is 9.79. The Kier molecular flexibility index (Phi) is 5.78. The lowest BCUT2D eigenvalue weighted by atomic mass is 9.81. The fraction of sp³-hybridized carbons (Fsp3) is 0.895. The summed E-state index contributed by atoms with van der Waals surface area (Å²) in [6, 6.07) is 0.549. The van der Waals surface area contributed by atoms with Gasteiger partial charge in [-0.3, -0.25) is 14.6 Å². The van der Waals surface area contributed by atoms with Gasteiger partial charge in [0.1, 0.15) is 6.29 Å². The molecule has 0 aromatic heterocycles. The van der Waals surface area contributed by atoms with E-state index in [1.54, 1.807) is 4.90 Å². The molecule has 3 fully saturated rings. The SMILES string of the molecule is CC(C)N1CCN(CC2(F)CN(C(=O)C3CCC(C=O)CC3)C2)CC1. The Morgan fingerprint density at radius 2 is 1.72 bits per heavy atom. The molecule has 5 nitrogen and oxygen atoms in total. The molecule has 2 heterocycles. The van der Waals surface area contributed by atoms with Crippen molar-refractivity contribution in [2.75, 3.05) is 45.8 Å². The van der Waals surface area contributed by atoms with Crippen molar-refractivity contribution in [1.82, 2.24) is 14.7 Å². The molecule has 142 valence electrons. The van der Waals surface area contributed by atoms with Gasteiger partial charge in [0.15, 0.2) is 5.67 Å². The molecule has 0 N–H and O–H groups in total. The van der Waals surface area contributed by atoms with Crippen LogP contribution in [-0.4, -0.2) is 84.4 Å². The van der Waals surface area contributed by atoms with Gasteiger partial charge >= 0.3 is 0 Å². The van der Waals surface area contributed by atoms with Crippen molar-refractivity contribution in [3.8, 4) is 0 Å². The van der Waals surface area contributed by atoms with Gasteiger partial charge in [-0.1, -0.05) is 0 Å². The highest BCUT2D eigenvalue weighted by Gasteiger charge is 2.48. The van der Waals surface area contributed by atoms with Crippen molar-refractivity contribution >= 4 is 12.2 Å². The van der Waals surface area contributed by atoms with E-state index in [1.165, 1.54) is 0 Å². The molecule has 0 bridgehead atoms. The molecule has 0 atom stereocenters. The van der Waals surface area contributed by atoms with Gasteiger partial charge in [0, 0.05) is 50.6 Å². The summed E-state index contributed by atoms with van der Waals surface area (Å²) in [7, 11) is 0. The van der Waals surface area contributed by atoms with Gasteiger partial charge in [-0.25, -0.2) is 4.39 Å². The molecule has 0 radical (unpaired) electrons. The highest BCUT2D eigenvalue weighted by Crippen LogP contribution is 2.33. The zero-order valence-corrected chi connectivity index (χ0v) is 15.6. The van der Waals surface area contributed by atoms with E-state index in [0.717, 1.165) is 58.1 Å². The highest BCUT2D eigenvalue weighted by molar-refractivity contribution is 5.80. The van der Waals surface area contributed by atoms with Gasteiger partial charge in [-0.2, -0.15) is 0 Å². The maximum atomic E-state index is 14.9. The summed E-state index contributed by atoms with van der Waals surface area (Å²) in [6.07, 6.45) is 4.16. The topological polar surface area (TPSA) is 43.9 Å². The number of aldehydes is 1. The van der Waals surface area contributed by atoms with Crippen LogP contribution in [0.4, 0.5) is 4.39 Å². The van der Waals surface area contributed by atoms with Crippen LogP contribution in [0.15, 0.2) is 0 Å².